The zero-order chi connectivity index (χ0) is 16.3. The Morgan fingerprint density at radius 1 is 1.27 bits per heavy atom. The minimum Gasteiger partial charge on any atom is -0.448 e. The summed E-state index contributed by atoms with van der Waals surface area (Å²) in [4.78, 5) is 28.7. The zero-order valence-corrected chi connectivity index (χ0v) is 14.7. The van der Waals surface area contributed by atoms with Crippen molar-refractivity contribution in [2.45, 2.75) is 26.9 Å². The van der Waals surface area contributed by atoms with Gasteiger partial charge in [0.25, 0.3) is 5.91 Å². The number of hydrogen-bond donors (Lipinski definition) is 1. The monoisotopic (exact) mass is 382 g/mol. The van der Waals surface area contributed by atoms with Crippen molar-refractivity contribution in [3.05, 3.63) is 44.3 Å². The quantitative estimate of drug-likeness (QED) is 0.818. The van der Waals surface area contributed by atoms with Gasteiger partial charge in [-0.2, -0.15) is 0 Å². The summed E-state index contributed by atoms with van der Waals surface area (Å²) in [6, 6.07) is 7.14. The fourth-order valence-corrected chi connectivity index (χ4v) is 2.83. The minimum absolute atomic E-state index is 0.380. The van der Waals surface area contributed by atoms with Crippen LogP contribution in [0.5, 0.6) is 0 Å². The first-order valence-corrected chi connectivity index (χ1v) is 8.19. The average Bonchev–Trinajstić information content (AvgIpc) is 2.80. The van der Waals surface area contributed by atoms with Crippen molar-refractivity contribution in [3.8, 4) is 0 Å². The number of nitrogens with zero attached hydrogens (tertiary/aromatic N) is 1. The van der Waals surface area contributed by atoms with Crippen LogP contribution in [0.15, 0.2) is 28.7 Å². The van der Waals surface area contributed by atoms with Gasteiger partial charge in [0.05, 0.1) is 10.7 Å². The Bertz CT molecular complexity index is 697. The largest absolute Gasteiger partial charge is 0.448 e. The molecule has 0 bridgehead atoms. The smallest absolute Gasteiger partial charge is 0.351 e. The van der Waals surface area contributed by atoms with E-state index in [-0.39, 0.29) is 5.91 Å². The second kappa shape index (κ2) is 7.02. The third kappa shape index (κ3) is 4.14. The summed E-state index contributed by atoms with van der Waals surface area (Å²) in [6.07, 6.45) is -0.891. The van der Waals surface area contributed by atoms with Crippen LogP contribution in [0.25, 0.3) is 0 Å². The molecule has 0 saturated carbocycles. The van der Waals surface area contributed by atoms with Crippen LogP contribution in [0, 0.1) is 13.8 Å². The van der Waals surface area contributed by atoms with Gasteiger partial charge in [-0.3, -0.25) is 4.79 Å². The number of thiazole rings is 1. The maximum atomic E-state index is 12.1. The molecule has 1 unspecified atom stereocenters. The minimum atomic E-state index is -0.891. The standard InChI is InChI=1S/C15H15BrN2O3S/c1-8-13(22-10(3)17-8)15(20)21-9(2)14(19)18-12-6-4-11(16)5-7-12/h4-7,9H,1-3H3,(H,18,19). The van der Waals surface area contributed by atoms with E-state index in [1.165, 1.54) is 18.3 Å². The molecule has 1 N–H and O–H groups in total. The van der Waals surface area contributed by atoms with Crippen molar-refractivity contribution in [2.24, 2.45) is 0 Å². The van der Waals surface area contributed by atoms with E-state index in [2.05, 4.69) is 26.2 Å². The SMILES string of the molecule is Cc1nc(C)c(C(=O)OC(C)C(=O)Nc2ccc(Br)cc2)s1. The molecular weight excluding hydrogens is 368 g/mol. The highest BCUT2D eigenvalue weighted by Crippen LogP contribution is 2.19. The van der Waals surface area contributed by atoms with Gasteiger partial charge in [-0.25, -0.2) is 9.78 Å². The molecule has 1 heterocycles. The average molecular weight is 383 g/mol. The predicted molar refractivity (Wildman–Crippen MR) is 89.2 cm³/mol. The summed E-state index contributed by atoms with van der Waals surface area (Å²) in [6.45, 7) is 5.10. The van der Waals surface area contributed by atoms with Crippen molar-refractivity contribution in [1.29, 1.82) is 0 Å². The Morgan fingerprint density at radius 2 is 1.91 bits per heavy atom. The van der Waals surface area contributed by atoms with Crippen molar-refractivity contribution in [2.75, 3.05) is 5.32 Å². The van der Waals surface area contributed by atoms with E-state index >= 15 is 0 Å². The molecule has 0 aliphatic heterocycles. The van der Waals surface area contributed by atoms with Crippen molar-refractivity contribution < 1.29 is 14.3 Å². The summed E-state index contributed by atoms with van der Waals surface area (Å²) in [5.41, 5.74) is 1.26. The molecule has 116 valence electrons. The Hall–Kier alpha value is -1.73. The van der Waals surface area contributed by atoms with Gasteiger partial charge in [0.2, 0.25) is 0 Å². The van der Waals surface area contributed by atoms with Crippen LogP contribution in [-0.4, -0.2) is 23.0 Å². The Kier molecular flexibility index (Phi) is 5.31. The summed E-state index contributed by atoms with van der Waals surface area (Å²) >= 11 is 4.58. The lowest BCUT2D eigenvalue weighted by molar-refractivity contribution is -0.123. The molecule has 0 spiro atoms. The summed E-state index contributed by atoms with van der Waals surface area (Å²) < 4.78 is 6.12. The summed E-state index contributed by atoms with van der Waals surface area (Å²) in [7, 11) is 0. The zero-order valence-electron chi connectivity index (χ0n) is 12.3. The number of aromatic nitrogens is 1. The normalized spacial score (nSPS) is 11.8. The van der Waals surface area contributed by atoms with Gasteiger partial charge in [0, 0.05) is 10.2 Å². The number of esters is 1. The lowest BCUT2D eigenvalue weighted by atomic mass is 10.3. The highest BCUT2D eigenvalue weighted by atomic mass is 79.9. The number of carbonyl (C=O) groups is 2. The van der Waals surface area contributed by atoms with Crippen LogP contribution in [0.4, 0.5) is 5.69 Å². The molecule has 2 aromatic rings. The molecule has 1 amide bonds. The van der Waals surface area contributed by atoms with Crippen LogP contribution in [-0.2, 0) is 9.53 Å². The molecular formula is C15H15BrN2O3S. The van der Waals surface area contributed by atoms with Gasteiger partial charge < -0.3 is 10.1 Å². The van der Waals surface area contributed by atoms with Crippen molar-refractivity contribution >= 4 is 44.8 Å². The van der Waals surface area contributed by atoms with Gasteiger partial charge in [0.15, 0.2) is 6.10 Å². The van der Waals surface area contributed by atoms with E-state index in [0.29, 0.717) is 16.3 Å². The van der Waals surface area contributed by atoms with E-state index in [9.17, 15) is 9.59 Å². The second-order valence-electron chi connectivity index (χ2n) is 4.69. The Balaban J connectivity index is 1.97. The number of amides is 1. The molecule has 0 saturated heterocycles. The van der Waals surface area contributed by atoms with Crippen LogP contribution in [0.1, 0.15) is 27.3 Å². The molecule has 22 heavy (non-hydrogen) atoms. The highest BCUT2D eigenvalue weighted by molar-refractivity contribution is 9.10. The number of carbonyl (C=O) groups excluding carboxylic acids is 2. The molecule has 7 heteroatoms. The van der Waals surface area contributed by atoms with Crippen LogP contribution in [0.3, 0.4) is 0 Å². The van der Waals surface area contributed by atoms with E-state index in [1.807, 2.05) is 19.1 Å². The third-order valence-electron chi connectivity index (χ3n) is 2.85. The van der Waals surface area contributed by atoms with Gasteiger partial charge in [0.1, 0.15) is 4.88 Å². The van der Waals surface area contributed by atoms with Crippen molar-refractivity contribution in [3.63, 3.8) is 0 Å². The summed E-state index contributed by atoms with van der Waals surface area (Å²) in [5, 5.41) is 3.48. The Morgan fingerprint density at radius 3 is 2.45 bits per heavy atom. The molecule has 2 rings (SSSR count). The lowest BCUT2D eigenvalue weighted by Gasteiger charge is -2.13. The number of ether oxygens (including phenoxy) is 1. The molecule has 5 nitrogen and oxygen atoms in total. The number of hydrogen-bond acceptors (Lipinski definition) is 5. The molecule has 0 fully saturated rings. The second-order valence-corrected chi connectivity index (χ2v) is 6.81. The maximum Gasteiger partial charge on any atom is 0.351 e. The molecule has 1 atom stereocenters. The Labute approximate surface area is 140 Å². The fourth-order valence-electron chi connectivity index (χ4n) is 1.77. The molecule has 1 aromatic heterocycles. The van der Waals surface area contributed by atoms with E-state index in [0.717, 1.165) is 9.48 Å². The first-order valence-electron chi connectivity index (χ1n) is 6.58. The van der Waals surface area contributed by atoms with E-state index in [1.54, 1.807) is 19.1 Å². The number of benzene rings is 1. The van der Waals surface area contributed by atoms with Crippen LogP contribution >= 0.6 is 27.3 Å². The van der Waals surface area contributed by atoms with Gasteiger partial charge in [-0.05, 0) is 45.0 Å². The third-order valence-corrected chi connectivity index (χ3v) is 4.44. The number of nitrogens with one attached hydrogen (secondary N) is 1. The maximum absolute atomic E-state index is 12.1. The highest BCUT2D eigenvalue weighted by Gasteiger charge is 2.22. The van der Waals surface area contributed by atoms with E-state index < -0.39 is 12.1 Å². The van der Waals surface area contributed by atoms with Crippen LogP contribution < -0.4 is 5.32 Å². The predicted octanol–water partition coefficient (Wildman–Crippen LogP) is 3.71. The van der Waals surface area contributed by atoms with Gasteiger partial charge >= 0.3 is 5.97 Å². The lowest BCUT2D eigenvalue weighted by Crippen LogP contribution is -2.29. The van der Waals surface area contributed by atoms with E-state index in [4.69, 9.17) is 4.74 Å². The number of rotatable bonds is 4. The van der Waals surface area contributed by atoms with Crippen molar-refractivity contribution in [1.82, 2.24) is 4.98 Å². The first kappa shape index (κ1) is 16.6. The summed E-state index contributed by atoms with van der Waals surface area (Å²) in [5.74, 6) is -0.906. The van der Waals surface area contributed by atoms with Gasteiger partial charge in [-0.1, -0.05) is 15.9 Å². The number of halogens is 1. The number of aryl methyl sites for hydroxylation is 2. The molecule has 0 aliphatic carbocycles. The topological polar surface area (TPSA) is 68.3 Å². The molecule has 0 radical (unpaired) electrons. The molecule has 1 aromatic carbocycles. The van der Waals surface area contributed by atoms with Gasteiger partial charge in [-0.15, -0.1) is 11.3 Å². The first-order chi connectivity index (χ1) is 10.4. The fraction of sp³-hybridized carbons (Fsp3) is 0.267. The molecule has 0 aliphatic rings. The number of anilines is 1. The van der Waals surface area contributed by atoms with Crippen LogP contribution in [0.2, 0.25) is 0 Å².